The van der Waals surface area contributed by atoms with Crippen molar-refractivity contribution >= 4 is 5.97 Å². The molecule has 5 N–H and O–H groups in total. The molecule has 4 aliphatic heterocycles. The van der Waals surface area contributed by atoms with Crippen LogP contribution in [0.4, 0.5) is 0 Å². The molecule has 20 atom stereocenters. The maximum atomic E-state index is 12.6. The van der Waals surface area contributed by atoms with Gasteiger partial charge in [-0.3, -0.25) is 0 Å². The van der Waals surface area contributed by atoms with Crippen molar-refractivity contribution in [1.82, 2.24) is 0 Å². The number of hydrogen-bond donors (Lipinski definition) is 5. The Bertz CT molecular complexity index is 1370. The molecule has 0 aromatic heterocycles. The zero-order valence-corrected chi connectivity index (χ0v) is 32.6. The molecule has 4 heterocycles. The van der Waals surface area contributed by atoms with Gasteiger partial charge in [0.25, 0.3) is 0 Å². The summed E-state index contributed by atoms with van der Waals surface area (Å²) in [5.41, 5.74) is 0.215. The molecule has 0 radical (unpaired) electrons. The fourth-order valence-corrected chi connectivity index (χ4v) is 12.8. The van der Waals surface area contributed by atoms with Gasteiger partial charge in [-0.25, -0.2) is 4.79 Å². The van der Waals surface area contributed by atoms with Gasteiger partial charge in [0.15, 0.2) is 18.9 Å². The first-order valence-corrected chi connectivity index (χ1v) is 20.8. The summed E-state index contributed by atoms with van der Waals surface area (Å²) in [4.78, 5) is 11.9. The topological polar surface area (TPSA) is 183 Å². The van der Waals surface area contributed by atoms with E-state index in [1.54, 1.807) is 19.9 Å². The van der Waals surface area contributed by atoms with Crippen LogP contribution in [0.1, 0.15) is 112 Å². The standard InChI is InChI=1S/C41H64O13/c1-20-36(46)29(42)16-34(49-20)53-38-22(3)51-35(18-31(38)44)54-37-21(2)50-33(17-30(37)43)52-25-8-11-39(4)24(15-25)6-7-28-27(39)9-12-40(5)26(10-13-41(28,40)47)23-14-32(45)48-19-23/h14,20-22,24-31,33-38,42-44,46-47H,6-13,15-19H2,1-5H3/t20?,21?,22?,24-,25+,26-,27+,28-,29?,30?,31?,33?,34?,35?,36?,37?,38?,39+,40-,41+/m1/s1. The van der Waals surface area contributed by atoms with E-state index in [2.05, 4.69) is 13.8 Å². The molecule has 54 heavy (non-hydrogen) atoms. The number of ether oxygens (including phenoxy) is 7. The van der Waals surface area contributed by atoms with Crippen LogP contribution in [0, 0.1) is 34.5 Å². The second kappa shape index (κ2) is 14.9. The molecular formula is C41H64O13. The third-order valence-corrected chi connectivity index (χ3v) is 15.9. The summed E-state index contributed by atoms with van der Waals surface area (Å²) in [6.45, 7) is 10.4. The normalized spacial score (nSPS) is 55.0. The van der Waals surface area contributed by atoms with E-state index in [9.17, 15) is 30.3 Å². The molecule has 8 rings (SSSR count). The molecule has 0 aromatic rings. The van der Waals surface area contributed by atoms with Gasteiger partial charge < -0.3 is 58.7 Å². The molecule has 8 aliphatic rings. The van der Waals surface area contributed by atoms with Crippen molar-refractivity contribution in [1.29, 1.82) is 0 Å². The quantitative estimate of drug-likeness (QED) is 0.188. The highest BCUT2D eigenvalue weighted by Crippen LogP contribution is 2.70. The molecule has 0 bridgehead atoms. The van der Waals surface area contributed by atoms with E-state index < -0.39 is 79.4 Å². The summed E-state index contributed by atoms with van der Waals surface area (Å²) in [6.07, 6.45) is 1.90. The van der Waals surface area contributed by atoms with Crippen molar-refractivity contribution in [3.05, 3.63) is 11.6 Å². The van der Waals surface area contributed by atoms with Crippen molar-refractivity contribution in [2.24, 2.45) is 34.5 Å². The molecule has 13 heteroatoms. The lowest BCUT2D eigenvalue weighted by molar-refractivity contribution is -0.336. The van der Waals surface area contributed by atoms with Gasteiger partial charge in [-0.1, -0.05) is 13.8 Å². The molecule has 0 amide bonds. The first-order chi connectivity index (χ1) is 25.6. The Morgan fingerprint density at radius 2 is 1.30 bits per heavy atom. The predicted octanol–water partition coefficient (Wildman–Crippen LogP) is 3.25. The molecule has 7 fully saturated rings. The Labute approximate surface area is 319 Å². The Kier molecular flexibility index (Phi) is 10.9. The van der Waals surface area contributed by atoms with Crippen LogP contribution in [0.15, 0.2) is 11.6 Å². The number of aliphatic hydroxyl groups is 5. The average Bonchev–Trinajstić information content (AvgIpc) is 3.66. The maximum Gasteiger partial charge on any atom is 0.331 e. The van der Waals surface area contributed by atoms with E-state index >= 15 is 0 Å². The second-order valence-electron chi connectivity index (χ2n) is 18.7. The molecule has 12 unspecified atom stereocenters. The molecule has 4 aliphatic carbocycles. The lowest BCUT2D eigenvalue weighted by Crippen LogP contribution is -2.62. The van der Waals surface area contributed by atoms with Gasteiger partial charge in [-0.05, 0) is 113 Å². The van der Waals surface area contributed by atoms with Gasteiger partial charge in [0.1, 0.15) is 24.9 Å². The van der Waals surface area contributed by atoms with Gasteiger partial charge in [0.05, 0.1) is 48.3 Å². The zero-order chi connectivity index (χ0) is 38.3. The molecule has 3 saturated heterocycles. The molecule has 4 saturated carbocycles. The van der Waals surface area contributed by atoms with Crippen molar-refractivity contribution in [3.8, 4) is 0 Å². The first kappa shape index (κ1) is 39.6. The number of cyclic esters (lactones) is 1. The Morgan fingerprint density at radius 3 is 1.89 bits per heavy atom. The van der Waals surface area contributed by atoms with E-state index in [0.29, 0.717) is 18.4 Å². The third kappa shape index (κ3) is 6.82. The first-order valence-electron chi connectivity index (χ1n) is 20.8. The van der Waals surface area contributed by atoms with Gasteiger partial charge in [0, 0.05) is 30.8 Å². The summed E-state index contributed by atoms with van der Waals surface area (Å²) >= 11 is 0. The SMILES string of the molecule is CC1OC(OC2C(O)CC(OC3C(O)CC(O[C@H]4CC[C@@]5(C)[C@H](CC[C@@H]6[C@@H]5CC[C@]5(C)[C@@H](C7=CC(=O)OC7)CC[C@]65O)C4)OC3C)OC2C)CC(O)C1O. The van der Waals surface area contributed by atoms with Crippen LogP contribution in [-0.2, 0) is 38.0 Å². The number of hydrogen-bond acceptors (Lipinski definition) is 13. The zero-order valence-electron chi connectivity index (χ0n) is 32.6. The van der Waals surface area contributed by atoms with Crippen molar-refractivity contribution in [2.45, 2.75) is 197 Å². The van der Waals surface area contributed by atoms with Crippen LogP contribution in [0.5, 0.6) is 0 Å². The number of carbonyl (C=O) groups excluding carboxylic acids is 1. The minimum atomic E-state index is -0.996. The lowest BCUT2D eigenvalue weighted by Gasteiger charge is -2.64. The van der Waals surface area contributed by atoms with E-state index in [1.165, 1.54) is 0 Å². The number of aliphatic hydroxyl groups excluding tert-OH is 4. The molecular weight excluding hydrogens is 700 g/mol. The van der Waals surface area contributed by atoms with Crippen LogP contribution in [-0.4, -0.2) is 124 Å². The number of esters is 1. The highest BCUT2D eigenvalue weighted by Gasteiger charge is 2.68. The van der Waals surface area contributed by atoms with Gasteiger partial charge in [-0.15, -0.1) is 0 Å². The lowest BCUT2D eigenvalue weighted by atomic mass is 9.43. The summed E-state index contributed by atoms with van der Waals surface area (Å²) in [6, 6.07) is 0. The van der Waals surface area contributed by atoms with E-state index in [1.807, 2.05) is 6.92 Å². The smallest absolute Gasteiger partial charge is 0.331 e. The van der Waals surface area contributed by atoms with Crippen LogP contribution in [0.25, 0.3) is 0 Å². The van der Waals surface area contributed by atoms with E-state index in [4.69, 9.17) is 33.2 Å². The van der Waals surface area contributed by atoms with Gasteiger partial charge >= 0.3 is 5.97 Å². The van der Waals surface area contributed by atoms with Crippen molar-refractivity contribution in [2.75, 3.05) is 6.61 Å². The molecule has 0 spiro atoms. The summed E-state index contributed by atoms with van der Waals surface area (Å²) in [5, 5.41) is 55.0. The molecule has 306 valence electrons. The summed E-state index contributed by atoms with van der Waals surface area (Å²) < 4.78 is 42.2. The number of fused-ring (bicyclic) bond motifs is 5. The number of carbonyl (C=O) groups is 1. The summed E-state index contributed by atoms with van der Waals surface area (Å²) in [7, 11) is 0. The fourth-order valence-electron chi connectivity index (χ4n) is 12.8. The van der Waals surface area contributed by atoms with Crippen LogP contribution < -0.4 is 0 Å². The number of rotatable bonds is 7. The molecule has 0 aromatic carbocycles. The molecule has 13 nitrogen and oxygen atoms in total. The minimum Gasteiger partial charge on any atom is -0.458 e. The monoisotopic (exact) mass is 764 g/mol. The van der Waals surface area contributed by atoms with E-state index in [0.717, 1.165) is 63.4 Å². The highest BCUT2D eigenvalue weighted by molar-refractivity contribution is 5.85. The predicted molar refractivity (Wildman–Crippen MR) is 191 cm³/mol. The fraction of sp³-hybridized carbons (Fsp3) is 0.927. The Hall–Kier alpha value is -1.23. The van der Waals surface area contributed by atoms with Crippen LogP contribution in [0.2, 0.25) is 0 Å². The Morgan fingerprint density at radius 1 is 0.685 bits per heavy atom. The highest BCUT2D eigenvalue weighted by atomic mass is 16.7. The minimum absolute atomic E-state index is 0.0243. The van der Waals surface area contributed by atoms with E-state index in [-0.39, 0.29) is 54.0 Å². The van der Waals surface area contributed by atoms with Gasteiger partial charge in [-0.2, -0.15) is 0 Å². The second-order valence-corrected chi connectivity index (χ2v) is 18.7. The largest absolute Gasteiger partial charge is 0.458 e. The van der Waals surface area contributed by atoms with Gasteiger partial charge in [0.2, 0.25) is 0 Å². The summed E-state index contributed by atoms with van der Waals surface area (Å²) in [5.74, 6) is 1.13. The van der Waals surface area contributed by atoms with Crippen LogP contribution >= 0.6 is 0 Å². The third-order valence-electron chi connectivity index (χ3n) is 15.9. The Balaban J connectivity index is 0.826. The van der Waals surface area contributed by atoms with Crippen molar-refractivity contribution < 1.29 is 63.5 Å². The van der Waals surface area contributed by atoms with Crippen molar-refractivity contribution in [3.63, 3.8) is 0 Å². The maximum absolute atomic E-state index is 12.6. The average molecular weight is 765 g/mol. The van der Waals surface area contributed by atoms with Crippen LogP contribution in [0.3, 0.4) is 0 Å².